The molecule has 0 saturated carbocycles. The molecule has 2 aromatic rings. The van der Waals surface area contributed by atoms with Crippen molar-refractivity contribution >= 4 is 17.5 Å². The summed E-state index contributed by atoms with van der Waals surface area (Å²) in [5.41, 5.74) is 5.51. The van der Waals surface area contributed by atoms with Gasteiger partial charge in [0.25, 0.3) is 0 Å². The van der Waals surface area contributed by atoms with Crippen LogP contribution in [0.5, 0.6) is 0 Å². The van der Waals surface area contributed by atoms with Crippen LogP contribution in [0.3, 0.4) is 0 Å². The summed E-state index contributed by atoms with van der Waals surface area (Å²) in [5.74, 6) is 0.501. The quantitative estimate of drug-likeness (QED) is 0.415. The maximum Gasteiger partial charge on any atom is 0.191 e. The van der Waals surface area contributed by atoms with Gasteiger partial charge in [-0.05, 0) is 62.4 Å². The van der Waals surface area contributed by atoms with Crippen LogP contribution in [-0.2, 0) is 11.3 Å². The lowest BCUT2D eigenvalue weighted by molar-refractivity contribution is 0.102. The van der Waals surface area contributed by atoms with Gasteiger partial charge in [-0.2, -0.15) is 0 Å². The number of methoxy groups -OCH3 is 1. The lowest BCUT2D eigenvalue weighted by atomic mass is 9.93. The first-order chi connectivity index (χ1) is 11.5. The van der Waals surface area contributed by atoms with Crippen LogP contribution < -0.4 is 0 Å². The van der Waals surface area contributed by atoms with Crippen LogP contribution in [-0.4, -0.2) is 40.0 Å². The Morgan fingerprint density at radius 3 is 2.67 bits per heavy atom. The molecule has 0 unspecified atom stereocenters. The predicted molar refractivity (Wildman–Crippen MR) is 97.0 cm³/mol. The molecule has 24 heavy (non-hydrogen) atoms. The number of nitrogens with zero attached hydrogens (tertiary/aromatic N) is 3. The van der Waals surface area contributed by atoms with E-state index in [-0.39, 0.29) is 5.78 Å². The normalized spacial score (nSPS) is 11.0. The van der Waals surface area contributed by atoms with Crippen LogP contribution in [0.25, 0.3) is 0 Å². The van der Waals surface area contributed by atoms with Gasteiger partial charge in [-0.3, -0.25) is 4.79 Å². The topological polar surface area (TPSA) is 57.0 Å². The number of benzene rings is 1. The Balaban J connectivity index is 2.06. The third kappa shape index (κ3) is 4.24. The number of thioether (sulfide) groups is 1. The second kappa shape index (κ2) is 8.44. The summed E-state index contributed by atoms with van der Waals surface area (Å²) in [7, 11) is 1.69. The van der Waals surface area contributed by atoms with E-state index in [1.165, 1.54) is 22.9 Å². The highest BCUT2D eigenvalue weighted by molar-refractivity contribution is 7.99. The number of rotatable bonds is 8. The fourth-order valence-corrected chi connectivity index (χ4v) is 3.42. The molecule has 0 aliphatic rings. The maximum atomic E-state index is 12.6. The molecule has 1 aromatic heterocycles. The summed E-state index contributed by atoms with van der Waals surface area (Å²) in [4.78, 5) is 12.6. The average Bonchev–Trinajstić information content (AvgIpc) is 3.01. The molecule has 0 fully saturated rings. The summed E-state index contributed by atoms with van der Waals surface area (Å²) in [6.07, 6.45) is 2.60. The third-order valence-corrected chi connectivity index (χ3v) is 5.42. The fourth-order valence-electron chi connectivity index (χ4n) is 2.60. The monoisotopic (exact) mass is 347 g/mol. The number of hydrogen-bond donors (Lipinski definition) is 0. The molecular formula is C18H25N3O2S. The molecule has 0 N–H and O–H groups in total. The highest BCUT2D eigenvalue weighted by Crippen LogP contribution is 2.24. The minimum atomic E-state index is 0.134. The van der Waals surface area contributed by atoms with E-state index in [4.69, 9.17) is 4.74 Å². The zero-order chi connectivity index (χ0) is 17.7. The minimum absolute atomic E-state index is 0.134. The Morgan fingerprint density at radius 2 is 1.96 bits per heavy atom. The van der Waals surface area contributed by atoms with Gasteiger partial charge in [0.1, 0.15) is 6.33 Å². The Kier molecular flexibility index (Phi) is 6.57. The molecule has 2 rings (SSSR count). The molecule has 0 aliphatic heterocycles. The van der Waals surface area contributed by atoms with Crippen molar-refractivity contribution in [3.8, 4) is 0 Å². The summed E-state index contributed by atoms with van der Waals surface area (Å²) in [6.45, 7) is 9.74. The van der Waals surface area contributed by atoms with Crippen molar-refractivity contribution in [1.82, 2.24) is 14.8 Å². The molecule has 0 saturated heterocycles. The lowest BCUT2D eigenvalue weighted by Gasteiger charge is -2.13. The number of ketones is 1. The van der Waals surface area contributed by atoms with Crippen molar-refractivity contribution in [2.45, 2.75) is 45.8 Å². The zero-order valence-corrected chi connectivity index (χ0v) is 15.9. The van der Waals surface area contributed by atoms with Crippen molar-refractivity contribution in [3.63, 3.8) is 0 Å². The zero-order valence-electron chi connectivity index (χ0n) is 15.0. The van der Waals surface area contributed by atoms with Gasteiger partial charge in [0.2, 0.25) is 0 Å². The summed E-state index contributed by atoms with van der Waals surface area (Å²) in [6, 6.07) is 2.00. The molecule has 0 radical (unpaired) electrons. The van der Waals surface area contributed by atoms with E-state index in [0.717, 1.165) is 34.8 Å². The molecule has 130 valence electrons. The molecule has 5 nitrogen and oxygen atoms in total. The Hall–Kier alpha value is -1.66. The largest absolute Gasteiger partial charge is 0.385 e. The molecule has 0 spiro atoms. The molecule has 0 aliphatic carbocycles. The van der Waals surface area contributed by atoms with E-state index < -0.39 is 0 Å². The number of aryl methyl sites for hydroxylation is 2. The van der Waals surface area contributed by atoms with Crippen molar-refractivity contribution in [3.05, 3.63) is 40.2 Å². The highest BCUT2D eigenvalue weighted by Gasteiger charge is 2.15. The van der Waals surface area contributed by atoms with Crippen LogP contribution in [0.15, 0.2) is 17.6 Å². The summed E-state index contributed by atoms with van der Waals surface area (Å²) >= 11 is 1.44. The van der Waals surface area contributed by atoms with Gasteiger partial charge in [0, 0.05) is 25.8 Å². The second-order valence-corrected chi connectivity index (χ2v) is 6.92. The Labute approximate surface area is 147 Å². The smallest absolute Gasteiger partial charge is 0.191 e. The van der Waals surface area contributed by atoms with Gasteiger partial charge in [0.15, 0.2) is 10.9 Å². The van der Waals surface area contributed by atoms with Crippen molar-refractivity contribution < 1.29 is 9.53 Å². The second-order valence-electron chi connectivity index (χ2n) is 5.98. The summed E-state index contributed by atoms with van der Waals surface area (Å²) in [5, 5.41) is 8.84. The predicted octanol–water partition coefficient (Wildman–Crippen LogP) is 3.52. The number of hydrogen-bond acceptors (Lipinski definition) is 5. The van der Waals surface area contributed by atoms with Gasteiger partial charge in [0.05, 0.1) is 5.75 Å². The highest BCUT2D eigenvalue weighted by atomic mass is 32.2. The van der Waals surface area contributed by atoms with Crippen molar-refractivity contribution in [2.75, 3.05) is 19.5 Å². The maximum absolute atomic E-state index is 12.6. The van der Waals surface area contributed by atoms with E-state index in [1.807, 2.05) is 17.6 Å². The molecule has 1 heterocycles. The Morgan fingerprint density at radius 1 is 1.21 bits per heavy atom. The summed E-state index contributed by atoms with van der Waals surface area (Å²) < 4.78 is 7.03. The van der Waals surface area contributed by atoms with Crippen LogP contribution in [0.4, 0.5) is 0 Å². The number of carbonyl (C=O) groups is 1. The van der Waals surface area contributed by atoms with Gasteiger partial charge in [-0.25, -0.2) is 0 Å². The van der Waals surface area contributed by atoms with Gasteiger partial charge in [-0.15, -0.1) is 10.2 Å². The van der Waals surface area contributed by atoms with Gasteiger partial charge >= 0.3 is 0 Å². The number of aromatic nitrogens is 3. The molecular weight excluding hydrogens is 322 g/mol. The van der Waals surface area contributed by atoms with E-state index in [1.54, 1.807) is 13.4 Å². The lowest BCUT2D eigenvalue weighted by Crippen LogP contribution is -2.09. The van der Waals surface area contributed by atoms with E-state index in [0.29, 0.717) is 12.4 Å². The van der Waals surface area contributed by atoms with Crippen LogP contribution in [0, 0.1) is 27.7 Å². The molecule has 0 bridgehead atoms. The molecule has 1 aromatic carbocycles. The number of Topliss-reactive ketones (excluding diaryl/α,β-unsaturated/α-hetero) is 1. The number of ether oxygens (including phenoxy) is 1. The SMILES string of the molecule is COCCCn1cnnc1SCC(=O)c1cc(C)c(C)c(C)c1C. The molecule has 0 atom stereocenters. The standard InChI is InChI=1S/C18H25N3O2S/c1-12-9-16(15(4)14(3)13(12)2)17(22)10-24-18-20-19-11-21(18)7-6-8-23-5/h9,11H,6-8,10H2,1-5H3. The third-order valence-electron chi connectivity index (χ3n) is 4.44. The van der Waals surface area contributed by atoms with Gasteiger partial charge in [-0.1, -0.05) is 11.8 Å². The minimum Gasteiger partial charge on any atom is -0.385 e. The van der Waals surface area contributed by atoms with Gasteiger partial charge < -0.3 is 9.30 Å². The van der Waals surface area contributed by atoms with E-state index >= 15 is 0 Å². The Bertz CT molecular complexity index is 725. The van der Waals surface area contributed by atoms with E-state index in [2.05, 4.69) is 31.0 Å². The molecule has 6 heteroatoms. The first-order valence-electron chi connectivity index (χ1n) is 8.05. The first kappa shape index (κ1) is 18.7. The average molecular weight is 347 g/mol. The van der Waals surface area contributed by atoms with Crippen LogP contribution in [0.2, 0.25) is 0 Å². The van der Waals surface area contributed by atoms with Crippen molar-refractivity contribution in [1.29, 1.82) is 0 Å². The van der Waals surface area contributed by atoms with E-state index in [9.17, 15) is 4.79 Å². The van der Waals surface area contributed by atoms with Crippen LogP contribution in [0.1, 0.15) is 39.0 Å². The fraction of sp³-hybridized carbons (Fsp3) is 0.500. The molecule has 0 amide bonds. The number of carbonyl (C=O) groups excluding carboxylic acids is 1. The first-order valence-corrected chi connectivity index (χ1v) is 9.04. The van der Waals surface area contributed by atoms with Crippen molar-refractivity contribution in [2.24, 2.45) is 0 Å². The van der Waals surface area contributed by atoms with Crippen LogP contribution >= 0.6 is 11.8 Å².